The lowest BCUT2D eigenvalue weighted by atomic mass is 9.93. The highest BCUT2D eigenvalue weighted by atomic mass is 35.5. The molecule has 0 saturated carbocycles. The van der Waals surface area contributed by atoms with Crippen molar-refractivity contribution in [2.24, 2.45) is 4.99 Å². The monoisotopic (exact) mass is 344 g/mol. The van der Waals surface area contributed by atoms with Crippen LogP contribution in [0.5, 0.6) is 11.5 Å². The van der Waals surface area contributed by atoms with Crippen LogP contribution in [-0.4, -0.2) is 35.7 Å². The van der Waals surface area contributed by atoms with Crippen molar-refractivity contribution in [3.05, 3.63) is 59.2 Å². The highest BCUT2D eigenvalue weighted by Crippen LogP contribution is 2.46. The smallest absolute Gasteiger partial charge is 0.231 e. The minimum atomic E-state index is -1.21. The van der Waals surface area contributed by atoms with Crippen molar-refractivity contribution in [1.82, 2.24) is 4.90 Å². The maximum Gasteiger partial charge on any atom is 0.231 e. The van der Waals surface area contributed by atoms with Crippen LogP contribution in [-0.2, 0) is 5.72 Å². The number of halogens is 1. The van der Waals surface area contributed by atoms with Gasteiger partial charge in [0.15, 0.2) is 17.2 Å². The normalized spacial score (nSPS) is 23.2. The van der Waals surface area contributed by atoms with Crippen LogP contribution in [0.1, 0.15) is 23.1 Å². The van der Waals surface area contributed by atoms with Crippen molar-refractivity contribution in [3.8, 4) is 11.5 Å². The van der Waals surface area contributed by atoms with Crippen LogP contribution in [0, 0.1) is 0 Å². The van der Waals surface area contributed by atoms with Crippen LogP contribution in [0.25, 0.3) is 0 Å². The van der Waals surface area contributed by atoms with E-state index in [-0.39, 0.29) is 19.2 Å². The lowest BCUT2D eigenvalue weighted by Crippen LogP contribution is -2.47. The van der Waals surface area contributed by atoms with Crippen LogP contribution in [0.2, 0.25) is 0 Å². The number of hydrogen-bond donors (Lipinski definition) is 1. The summed E-state index contributed by atoms with van der Waals surface area (Å²) in [6, 6.07) is 13.6. The van der Waals surface area contributed by atoms with Gasteiger partial charge in [-0.3, -0.25) is 4.99 Å². The third-order valence-corrected chi connectivity index (χ3v) is 4.77. The molecule has 0 saturated heterocycles. The molecule has 3 heterocycles. The Morgan fingerprint density at radius 3 is 2.83 bits per heavy atom. The molecular formula is C18H17ClN2O3. The summed E-state index contributed by atoms with van der Waals surface area (Å²) in [5, 5.41) is 11.7. The van der Waals surface area contributed by atoms with Gasteiger partial charge in [0, 0.05) is 29.8 Å². The van der Waals surface area contributed by atoms with Crippen LogP contribution >= 0.6 is 12.4 Å². The van der Waals surface area contributed by atoms with Crippen LogP contribution in [0.4, 0.5) is 0 Å². The molecule has 0 bridgehead atoms. The van der Waals surface area contributed by atoms with E-state index in [0.29, 0.717) is 5.75 Å². The molecule has 0 radical (unpaired) electrons. The molecule has 3 aliphatic rings. The van der Waals surface area contributed by atoms with E-state index in [2.05, 4.69) is 4.99 Å². The molecule has 1 N–H and O–H groups in total. The predicted molar refractivity (Wildman–Crippen MR) is 92.0 cm³/mol. The van der Waals surface area contributed by atoms with Gasteiger partial charge in [0.05, 0.1) is 0 Å². The van der Waals surface area contributed by atoms with Crippen molar-refractivity contribution < 1.29 is 14.6 Å². The fourth-order valence-electron chi connectivity index (χ4n) is 3.70. The van der Waals surface area contributed by atoms with Crippen LogP contribution < -0.4 is 9.47 Å². The first kappa shape index (κ1) is 15.3. The molecule has 2 aromatic carbocycles. The second-order valence-corrected chi connectivity index (χ2v) is 6.00. The van der Waals surface area contributed by atoms with Crippen LogP contribution in [0.3, 0.4) is 0 Å². The Labute approximate surface area is 145 Å². The van der Waals surface area contributed by atoms with E-state index in [0.717, 1.165) is 47.8 Å². The van der Waals surface area contributed by atoms with Crippen molar-refractivity contribution in [2.75, 3.05) is 19.9 Å². The molecule has 2 aromatic rings. The Bertz CT molecular complexity index is 839. The summed E-state index contributed by atoms with van der Waals surface area (Å²) in [5.41, 5.74) is 1.45. The lowest BCUT2D eigenvalue weighted by molar-refractivity contribution is -0.0319. The standard InChI is InChI=1S/C18H16N2O3.ClH/c21-18(12-6-7-15-16(10-12)23-11-22-15)14-5-2-1-4-13(14)17-19-8-3-9-20(17)18;/h1-2,4-7,10,21H,3,8-9,11H2;1H. The number of aliphatic hydroxyl groups is 1. The van der Waals surface area contributed by atoms with E-state index in [4.69, 9.17) is 9.47 Å². The van der Waals surface area contributed by atoms with Gasteiger partial charge in [0.25, 0.3) is 0 Å². The molecular weight excluding hydrogens is 328 g/mol. The molecule has 3 aliphatic heterocycles. The SMILES string of the molecule is Cl.OC1(c2ccc3c(c2)OCO3)c2ccccc2C2=NCCCN21. The van der Waals surface area contributed by atoms with Gasteiger partial charge >= 0.3 is 0 Å². The maximum atomic E-state index is 11.7. The largest absolute Gasteiger partial charge is 0.454 e. The van der Waals surface area contributed by atoms with Crippen molar-refractivity contribution in [3.63, 3.8) is 0 Å². The first-order valence-corrected chi connectivity index (χ1v) is 7.83. The first-order valence-electron chi connectivity index (χ1n) is 7.83. The number of hydrogen-bond acceptors (Lipinski definition) is 5. The van der Waals surface area contributed by atoms with Gasteiger partial charge in [-0.15, -0.1) is 12.4 Å². The molecule has 24 heavy (non-hydrogen) atoms. The number of benzene rings is 2. The Morgan fingerprint density at radius 1 is 1.08 bits per heavy atom. The summed E-state index contributed by atoms with van der Waals surface area (Å²) in [4.78, 5) is 6.65. The van der Waals surface area contributed by atoms with Crippen molar-refractivity contribution in [2.45, 2.75) is 12.1 Å². The third kappa shape index (κ3) is 1.88. The molecule has 0 fully saturated rings. The Kier molecular flexibility index (Phi) is 3.44. The van der Waals surface area contributed by atoms with Crippen molar-refractivity contribution in [1.29, 1.82) is 0 Å². The highest BCUT2D eigenvalue weighted by Gasteiger charge is 2.49. The van der Waals surface area contributed by atoms with E-state index in [1.807, 2.05) is 47.4 Å². The van der Waals surface area contributed by atoms with E-state index in [1.165, 1.54) is 0 Å². The number of rotatable bonds is 1. The summed E-state index contributed by atoms with van der Waals surface area (Å²) in [6.07, 6.45) is 0.935. The van der Waals surface area contributed by atoms with Gasteiger partial charge in [-0.05, 0) is 24.6 Å². The average Bonchev–Trinajstić information content (AvgIpc) is 3.17. The van der Waals surface area contributed by atoms with Gasteiger partial charge in [0.2, 0.25) is 6.79 Å². The Morgan fingerprint density at radius 2 is 1.92 bits per heavy atom. The average molecular weight is 345 g/mol. The van der Waals surface area contributed by atoms with Gasteiger partial charge in [0.1, 0.15) is 5.84 Å². The molecule has 5 rings (SSSR count). The summed E-state index contributed by atoms with van der Waals surface area (Å²) in [7, 11) is 0. The summed E-state index contributed by atoms with van der Waals surface area (Å²) in [6.45, 7) is 1.81. The van der Waals surface area contributed by atoms with Gasteiger partial charge in [-0.2, -0.15) is 0 Å². The number of amidine groups is 1. The number of ether oxygens (including phenoxy) is 2. The Balaban J connectivity index is 0.00000146. The zero-order valence-corrected chi connectivity index (χ0v) is 13.8. The molecule has 0 amide bonds. The van der Waals surface area contributed by atoms with Gasteiger partial charge in [-0.1, -0.05) is 24.3 Å². The molecule has 0 aromatic heterocycles. The van der Waals surface area contributed by atoms with Gasteiger partial charge < -0.3 is 19.5 Å². The highest BCUT2D eigenvalue weighted by molar-refractivity contribution is 6.04. The van der Waals surface area contributed by atoms with Crippen molar-refractivity contribution >= 4 is 18.2 Å². The summed E-state index contributed by atoms with van der Waals surface area (Å²) in [5.74, 6) is 2.28. The third-order valence-electron chi connectivity index (χ3n) is 4.77. The maximum absolute atomic E-state index is 11.7. The molecule has 1 atom stereocenters. The summed E-state index contributed by atoms with van der Waals surface area (Å²) < 4.78 is 10.9. The van der Waals surface area contributed by atoms with E-state index < -0.39 is 5.72 Å². The predicted octanol–water partition coefficient (Wildman–Crippen LogP) is 2.50. The number of nitrogens with zero attached hydrogens (tertiary/aromatic N) is 2. The molecule has 1 unspecified atom stereocenters. The Hall–Kier alpha value is -2.24. The number of fused-ring (bicyclic) bond motifs is 4. The van der Waals surface area contributed by atoms with Crippen LogP contribution in [0.15, 0.2) is 47.5 Å². The number of aliphatic imine (C=N–C) groups is 1. The fourth-order valence-corrected chi connectivity index (χ4v) is 3.70. The zero-order valence-electron chi connectivity index (χ0n) is 12.9. The topological polar surface area (TPSA) is 54.3 Å². The second-order valence-electron chi connectivity index (χ2n) is 6.00. The minimum Gasteiger partial charge on any atom is -0.454 e. The minimum absolute atomic E-state index is 0. The molecule has 0 aliphatic carbocycles. The molecule has 6 heteroatoms. The van der Waals surface area contributed by atoms with E-state index >= 15 is 0 Å². The summed E-state index contributed by atoms with van der Waals surface area (Å²) >= 11 is 0. The van der Waals surface area contributed by atoms with E-state index in [9.17, 15) is 5.11 Å². The first-order chi connectivity index (χ1) is 11.3. The zero-order chi connectivity index (χ0) is 15.4. The molecule has 124 valence electrons. The lowest BCUT2D eigenvalue weighted by Gasteiger charge is -2.37. The van der Waals surface area contributed by atoms with E-state index in [1.54, 1.807) is 0 Å². The molecule has 5 nitrogen and oxygen atoms in total. The molecule has 0 spiro atoms. The van der Waals surface area contributed by atoms with Gasteiger partial charge in [-0.25, -0.2) is 0 Å². The fraction of sp³-hybridized carbons (Fsp3) is 0.278. The quantitative estimate of drug-likeness (QED) is 0.863. The second kappa shape index (κ2) is 5.40.